The van der Waals surface area contributed by atoms with Gasteiger partial charge in [0.15, 0.2) is 0 Å². The molecule has 2 aliphatic heterocycles. The summed E-state index contributed by atoms with van der Waals surface area (Å²) in [7, 11) is -2.89. The second kappa shape index (κ2) is 8.22. The van der Waals surface area contributed by atoms with Gasteiger partial charge in [0.05, 0.1) is 21.2 Å². The highest BCUT2D eigenvalue weighted by Gasteiger charge is 2.57. The van der Waals surface area contributed by atoms with Crippen molar-refractivity contribution in [1.82, 2.24) is 9.97 Å². The van der Waals surface area contributed by atoms with E-state index in [4.69, 9.17) is 5.73 Å². The lowest BCUT2D eigenvalue weighted by atomic mass is 9.89. The number of halogens is 3. The molecule has 13 heteroatoms. The first kappa shape index (κ1) is 23.9. The molecule has 2 aliphatic rings. The lowest BCUT2D eigenvalue weighted by Gasteiger charge is -2.44. The molecule has 0 saturated carbocycles. The maximum absolute atomic E-state index is 15.0. The summed E-state index contributed by atoms with van der Waals surface area (Å²) in [5, 5.41) is 1.87. The molecule has 0 aliphatic carbocycles. The van der Waals surface area contributed by atoms with Crippen LogP contribution in [0.25, 0.3) is 0 Å². The van der Waals surface area contributed by atoms with E-state index >= 15 is 4.39 Å². The highest BCUT2D eigenvalue weighted by molar-refractivity contribution is 7.96. The number of pyridine rings is 2. The number of hydrogen-bond donors (Lipinski definition) is 2. The Morgan fingerprint density at radius 1 is 1.26 bits per heavy atom. The highest BCUT2D eigenvalue weighted by Crippen LogP contribution is 2.47. The van der Waals surface area contributed by atoms with Gasteiger partial charge >= 0.3 is 6.61 Å². The van der Waals surface area contributed by atoms with Crippen molar-refractivity contribution in [2.45, 2.75) is 49.3 Å². The van der Waals surface area contributed by atoms with Crippen molar-refractivity contribution in [3.63, 3.8) is 0 Å². The largest absolute Gasteiger partial charge is 0.433 e. The van der Waals surface area contributed by atoms with Gasteiger partial charge in [-0.15, -0.1) is 0 Å². The zero-order chi connectivity index (χ0) is 24.9. The summed E-state index contributed by atoms with van der Waals surface area (Å²) in [5.41, 5.74) is 4.60. The number of amidine groups is 1. The average molecular weight is 497 g/mol. The summed E-state index contributed by atoms with van der Waals surface area (Å²) >= 11 is 0. The Labute approximate surface area is 194 Å². The molecule has 0 bridgehead atoms. The number of anilines is 1. The van der Waals surface area contributed by atoms with Crippen molar-refractivity contribution in [2.24, 2.45) is 15.1 Å². The molecular weight excluding hydrogens is 473 g/mol. The SMILES string of the molecule is CC1(C)C(N)=N[C@](C)(c2nc(NC(=O)c3ccc(OC(F)F)cn3)ccc2F)[C@H]2CCN=[S@]21=O. The number of nitrogens with one attached hydrogen (secondary N) is 1. The quantitative estimate of drug-likeness (QED) is 0.654. The standard InChI is InChI=1S/C21H23F3N6O3S/c1-20(2)18(25)30-21(3,14-8-9-27-34(14,20)32)16-12(22)5-7-15(28-16)29-17(31)13-6-4-11(10-26-13)33-19(23)24/h4-7,10,14,19H,8-9H2,1-3H3,(H2,25,30)(H,28,29,31)/t14-,21+,34+/m1/s1. The van der Waals surface area contributed by atoms with Gasteiger partial charge < -0.3 is 15.8 Å². The van der Waals surface area contributed by atoms with Crippen LogP contribution in [-0.2, 0) is 15.3 Å². The molecule has 2 aromatic heterocycles. The molecule has 4 rings (SSSR count). The molecule has 3 atom stereocenters. The Kier molecular flexibility index (Phi) is 5.78. The van der Waals surface area contributed by atoms with Crippen LogP contribution in [0.5, 0.6) is 5.75 Å². The van der Waals surface area contributed by atoms with Gasteiger partial charge in [-0.2, -0.15) is 8.78 Å². The number of aromatic nitrogens is 2. The Bertz CT molecular complexity index is 1290. The first-order valence-electron chi connectivity index (χ1n) is 10.3. The number of alkyl halides is 2. The fourth-order valence-corrected chi connectivity index (χ4v) is 7.36. The van der Waals surface area contributed by atoms with Crippen molar-refractivity contribution >= 4 is 27.3 Å². The van der Waals surface area contributed by atoms with Gasteiger partial charge in [-0.25, -0.2) is 22.9 Å². The van der Waals surface area contributed by atoms with Gasteiger partial charge in [-0.3, -0.25) is 9.79 Å². The van der Waals surface area contributed by atoms with Gasteiger partial charge in [0.2, 0.25) is 0 Å². The van der Waals surface area contributed by atoms with Crippen molar-refractivity contribution < 1.29 is 26.9 Å². The van der Waals surface area contributed by atoms with E-state index in [1.165, 1.54) is 18.2 Å². The van der Waals surface area contributed by atoms with Gasteiger partial charge in [0.1, 0.15) is 44.9 Å². The third-order valence-electron chi connectivity index (χ3n) is 6.15. The zero-order valence-corrected chi connectivity index (χ0v) is 19.4. The highest BCUT2D eigenvalue weighted by atomic mass is 32.2. The van der Waals surface area contributed by atoms with E-state index in [1.807, 2.05) is 0 Å². The van der Waals surface area contributed by atoms with Crippen molar-refractivity contribution in [2.75, 3.05) is 11.9 Å². The number of carbonyl (C=O) groups is 1. The average Bonchev–Trinajstić information content (AvgIpc) is 3.18. The molecule has 2 aromatic rings. The summed E-state index contributed by atoms with van der Waals surface area (Å²) in [6.45, 7) is 2.34. The van der Waals surface area contributed by atoms with E-state index in [1.54, 1.807) is 20.8 Å². The molecule has 0 aromatic carbocycles. The summed E-state index contributed by atoms with van der Waals surface area (Å²) in [5.74, 6) is -1.52. The monoisotopic (exact) mass is 496 g/mol. The van der Waals surface area contributed by atoms with Crippen LogP contribution in [0.15, 0.2) is 39.8 Å². The van der Waals surface area contributed by atoms with Crippen LogP contribution in [0.3, 0.4) is 0 Å². The Morgan fingerprint density at radius 3 is 2.65 bits per heavy atom. The molecule has 0 unspecified atom stereocenters. The van der Waals surface area contributed by atoms with E-state index in [-0.39, 0.29) is 28.8 Å². The summed E-state index contributed by atoms with van der Waals surface area (Å²) < 4.78 is 61.0. The minimum atomic E-state index is -3.02. The number of hydrogen-bond acceptors (Lipinski definition) is 8. The molecule has 0 radical (unpaired) electrons. The topological polar surface area (TPSA) is 132 Å². The predicted molar refractivity (Wildman–Crippen MR) is 120 cm³/mol. The van der Waals surface area contributed by atoms with Crippen LogP contribution >= 0.6 is 0 Å². The van der Waals surface area contributed by atoms with Crippen LogP contribution in [0, 0.1) is 5.82 Å². The first-order chi connectivity index (χ1) is 15.9. The van der Waals surface area contributed by atoms with E-state index in [0.717, 1.165) is 12.3 Å². The summed E-state index contributed by atoms with van der Waals surface area (Å²) in [6.07, 6.45) is 1.40. The molecule has 0 spiro atoms. The van der Waals surface area contributed by atoms with Crippen LogP contribution in [0.1, 0.15) is 43.4 Å². The second-order valence-electron chi connectivity index (χ2n) is 8.59. The number of rotatable bonds is 5. The lowest BCUT2D eigenvalue weighted by Crippen LogP contribution is -2.58. The number of carbonyl (C=O) groups excluding carboxylic acids is 1. The third kappa shape index (κ3) is 3.77. The fraction of sp³-hybridized carbons (Fsp3) is 0.429. The summed E-state index contributed by atoms with van der Waals surface area (Å²) in [6, 6.07) is 4.74. The van der Waals surface area contributed by atoms with Crippen molar-refractivity contribution in [3.8, 4) is 5.75 Å². The minimum absolute atomic E-state index is 0.00243. The molecular formula is C21H23F3N6O3S. The molecule has 182 valence electrons. The maximum atomic E-state index is 15.0. The van der Waals surface area contributed by atoms with Crippen LogP contribution in [0.2, 0.25) is 0 Å². The van der Waals surface area contributed by atoms with Crippen LogP contribution in [0.4, 0.5) is 19.0 Å². The number of nitrogens with zero attached hydrogens (tertiary/aromatic N) is 4. The molecule has 3 N–H and O–H groups in total. The molecule has 0 fully saturated rings. The molecule has 0 saturated heterocycles. The fourth-order valence-electron chi connectivity index (χ4n) is 4.21. The molecule has 9 nitrogen and oxygen atoms in total. The van der Waals surface area contributed by atoms with Crippen LogP contribution in [-0.4, -0.2) is 49.1 Å². The van der Waals surface area contributed by atoms with Gasteiger partial charge in [0.25, 0.3) is 5.91 Å². The first-order valence-corrected chi connectivity index (χ1v) is 11.9. The predicted octanol–water partition coefficient (Wildman–Crippen LogP) is 3.07. The number of amides is 1. The third-order valence-corrected chi connectivity index (χ3v) is 9.85. The smallest absolute Gasteiger partial charge is 0.387 e. The van der Waals surface area contributed by atoms with Gasteiger partial charge in [-0.05, 0) is 51.5 Å². The Hall–Kier alpha value is -3.22. The van der Waals surface area contributed by atoms with E-state index in [0.29, 0.717) is 13.0 Å². The molecule has 34 heavy (non-hydrogen) atoms. The lowest BCUT2D eigenvalue weighted by molar-refractivity contribution is -0.0500. The maximum Gasteiger partial charge on any atom is 0.387 e. The van der Waals surface area contributed by atoms with Crippen LogP contribution < -0.4 is 15.8 Å². The summed E-state index contributed by atoms with van der Waals surface area (Å²) in [4.78, 5) is 25.2. The van der Waals surface area contributed by atoms with Crippen molar-refractivity contribution in [1.29, 1.82) is 0 Å². The van der Waals surface area contributed by atoms with Gasteiger partial charge in [0, 0.05) is 6.54 Å². The number of nitrogens with two attached hydrogens (primary N) is 1. The Balaban J connectivity index is 1.67. The number of aliphatic imine (C=N–C) groups is 1. The zero-order valence-electron chi connectivity index (χ0n) is 18.6. The van der Waals surface area contributed by atoms with E-state index < -0.39 is 43.6 Å². The van der Waals surface area contributed by atoms with Crippen molar-refractivity contribution in [3.05, 3.63) is 47.7 Å². The van der Waals surface area contributed by atoms with Gasteiger partial charge in [-0.1, -0.05) is 0 Å². The Morgan fingerprint density at radius 2 is 2.00 bits per heavy atom. The second-order valence-corrected chi connectivity index (χ2v) is 11.6. The van der Waals surface area contributed by atoms with E-state index in [2.05, 4.69) is 29.4 Å². The number of fused-ring (bicyclic) bond motifs is 1. The normalized spacial score (nSPS) is 27.5. The minimum Gasteiger partial charge on any atom is -0.433 e. The molecule has 4 heterocycles. The molecule has 1 amide bonds. The number of ether oxygens (including phenoxy) is 1. The van der Waals surface area contributed by atoms with E-state index in [9.17, 15) is 17.8 Å².